The Labute approximate surface area is 171 Å². The van der Waals surface area contributed by atoms with Gasteiger partial charge in [0.2, 0.25) is 0 Å². The lowest BCUT2D eigenvalue weighted by Gasteiger charge is -2.36. The van der Waals surface area contributed by atoms with E-state index in [1.54, 1.807) is 25.7 Å². The third-order valence-electron chi connectivity index (χ3n) is 6.76. The first-order chi connectivity index (χ1) is 14.2. The molecular weight excluding hydrogens is 364 g/mol. The smallest absolute Gasteiger partial charge is 0.274 e. The fourth-order valence-electron chi connectivity index (χ4n) is 5.29. The predicted octanol–water partition coefficient (Wildman–Crippen LogP) is 2.71. The summed E-state index contributed by atoms with van der Waals surface area (Å²) in [6.07, 6.45) is 10.7. The van der Waals surface area contributed by atoms with Gasteiger partial charge in [-0.25, -0.2) is 4.98 Å². The van der Waals surface area contributed by atoms with Gasteiger partial charge in [-0.3, -0.25) is 14.7 Å². The summed E-state index contributed by atoms with van der Waals surface area (Å²) in [6.45, 7) is 3.50. The Kier molecular flexibility index (Phi) is 4.96. The Balaban J connectivity index is 1.35. The van der Waals surface area contributed by atoms with E-state index in [2.05, 4.69) is 27.0 Å². The number of benzene rings is 1. The van der Waals surface area contributed by atoms with Crippen molar-refractivity contribution in [2.75, 3.05) is 26.7 Å². The van der Waals surface area contributed by atoms with Crippen molar-refractivity contribution in [3.05, 3.63) is 53.1 Å². The molecule has 0 spiro atoms. The number of amides is 1. The highest BCUT2D eigenvalue weighted by Crippen LogP contribution is 2.34. The van der Waals surface area contributed by atoms with Gasteiger partial charge >= 0.3 is 0 Å². The van der Waals surface area contributed by atoms with Gasteiger partial charge in [0, 0.05) is 50.2 Å². The molecule has 6 heteroatoms. The van der Waals surface area contributed by atoms with Gasteiger partial charge in [-0.05, 0) is 55.2 Å². The molecule has 1 aliphatic carbocycles. The molecule has 0 saturated carbocycles. The summed E-state index contributed by atoms with van der Waals surface area (Å²) in [5, 5.41) is 0. The molecule has 2 bridgehead atoms. The minimum absolute atomic E-state index is 0.00645. The molecule has 29 heavy (non-hydrogen) atoms. The molecule has 1 aromatic carbocycles. The van der Waals surface area contributed by atoms with Crippen LogP contribution in [0.5, 0.6) is 5.75 Å². The maximum atomic E-state index is 12.9. The predicted molar refractivity (Wildman–Crippen MR) is 110 cm³/mol. The van der Waals surface area contributed by atoms with Crippen LogP contribution in [0.3, 0.4) is 0 Å². The van der Waals surface area contributed by atoms with Crippen LogP contribution in [0.15, 0.2) is 30.7 Å². The van der Waals surface area contributed by atoms with Crippen molar-refractivity contribution in [3.63, 3.8) is 0 Å². The van der Waals surface area contributed by atoms with Crippen molar-refractivity contribution in [2.24, 2.45) is 5.92 Å². The van der Waals surface area contributed by atoms with Gasteiger partial charge < -0.3 is 9.64 Å². The van der Waals surface area contributed by atoms with E-state index >= 15 is 0 Å². The highest BCUT2D eigenvalue weighted by molar-refractivity contribution is 5.92. The molecule has 152 valence electrons. The monoisotopic (exact) mass is 392 g/mol. The molecule has 3 fully saturated rings. The number of hydrogen-bond donors (Lipinski definition) is 0. The number of ether oxygens (including phenoxy) is 1. The molecule has 0 N–H and O–H groups in total. The Morgan fingerprint density at radius 2 is 2.00 bits per heavy atom. The molecule has 1 aromatic heterocycles. The summed E-state index contributed by atoms with van der Waals surface area (Å²) < 4.78 is 5.73. The van der Waals surface area contributed by atoms with E-state index in [1.165, 1.54) is 42.4 Å². The van der Waals surface area contributed by atoms with Crippen molar-refractivity contribution in [1.29, 1.82) is 0 Å². The maximum Gasteiger partial charge on any atom is 0.274 e. The molecule has 3 saturated heterocycles. The van der Waals surface area contributed by atoms with Gasteiger partial charge in [0.1, 0.15) is 11.4 Å². The third kappa shape index (κ3) is 3.62. The van der Waals surface area contributed by atoms with E-state index < -0.39 is 0 Å². The molecule has 0 radical (unpaired) electrons. The van der Waals surface area contributed by atoms with Gasteiger partial charge in [0.15, 0.2) is 0 Å². The molecule has 3 aliphatic heterocycles. The second kappa shape index (κ2) is 7.75. The first kappa shape index (κ1) is 18.6. The summed E-state index contributed by atoms with van der Waals surface area (Å²) >= 11 is 0. The zero-order valence-corrected chi connectivity index (χ0v) is 17.0. The minimum atomic E-state index is 0.00645. The van der Waals surface area contributed by atoms with Gasteiger partial charge in [0.25, 0.3) is 5.91 Å². The van der Waals surface area contributed by atoms with Crippen LogP contribution >= 0.6 is 0 Å². The number of piperidine rings is 1. The number of rotatable bonds is 4. The first-order valence-electron chi connectivity index (χ1n) is 10.7. The molecule has 6 nitrogen and oxygen atoms in total. The lowest BCUT2D eigenvalue weighted by atomic mass is 9.94. The number of carbonyl (C=O) groups excluding carboxylic acids is 1. The van der Waals surface area contributed by atoms with Crippen LogP contribution in [-0.4, -0.2) is 58.5 Å². The minimum Gasteiger partial charge on any atom is -0.496 e. The van der Waals surface area contributed by atoms with E-state index in [0.717, 1.165) is 38.3 Å². The SMILES string of the molecule is COc1cc2c(cc1CN1C[C@H]3CC[C@@H]1CN(C(=O)c1cnccn1)C3)CCC2. The van der Waals surface area contributed by atoms with Crippen molar-refractivity contribution in [2.45, 2.75) is 44.7 Å². The number of aromatic nitrogens is 2. The van der Waals surface area contributed by atoms with Crippen molar-refractivity contribution >= 4 is 5.91 Å². The Morgan fingerprint density at radius 1 is 1.14 bits per heavy atom. The lowest BCUT2D eigenvalue weighted by Crippen LogP contribution is -2.44. The van der Waals surface area contributed by atoms with Gasteiger partial charge in [-0.2, -0.15) is 0 Å². The van der Waals surface area contributed by atoms with E-state index in [0.29, 0.717) is 17.7 Å². The molecule has 0 unspecified atom stereocenters. The zero-order chi connectivity index (χ0) is 19.8. The second-order valence-electron chi connectivity index (χ2n) is 8.61. The van der Waals surface area contributed by atoms with Crippen LogP contribution in [0.2, 0.25) is 0 Å². The van der Waals surface area contributed by atoms with Gasteiger partial charge in [-0.1, -0.05) is 6.07 Å². The first-order valence-corrected chi connectivity index (χ1v) is 10.7. The summed E-state index contributed by atoms with van der Waals surface area (Å²) in [6, 6.07) is 4.99. The fraction of sp³-hybridized carbons (Fsp3) is 0.522. The summed E-state index contributed by atoms with van der Waals surface area (Å²) in [5.41, 5.74) is 4.66. The quantitative estimate of drug-likeness (QED) is 0.801. The lowest BCUT2D eigenvalue weighted by molar-refractivity contribution is 0.0729. The van der Waals surface area contributed by atoms with Crippen molar-refractivity contribution in [3.8, 4) is 5.75 Å². The van der Waals surface area contributed by atoms with Crippen molar-refractivity contribution in [1.82, 2.24) is 19.8 Å². The van der Waals surface area contributed by atoms with Crippen molar-refractivity contribution < 1.29 is 9.53 Å². The van der Waals surface area contributed by atoms with Crippen LogP contribution in [0, 0.1) is 5.92 Å². The average molecular weight is 393 g/mol. The summed E-state index contributed by atoms with van der Waals surface area (Å²) in [4.78, 5) is 25.8. The van der Waals surface area contributed by atoms with E-state index in [-0.39, 0.29) is 5.91 Å². The zero-order valence-electron chi connectivity index (χ0n) is 17.0. The van der Waals surface area contributed by atoms with Crippen LogP contribution in [0.1, 0.15) is 46.4 Å². The Bertz CT molecular complexity index is 901. The highest BCUT2D eigenvalue weighted by atomic mass is 16.5. The standard InChI is InChI=1S/C23H28N4O2/c1-29-22-10-18-4-2-3-17(18)9-19(22)14-26-12-16-5-6-20(26)15-27(13-16)23(28)21-11-24-7-8-25-21/h7-11,16,20H,2-6,12-15H2,1H3/t16-,20-/m1/s1. The number of fused-ring (bicyclic) bond motifs is 5. The van der Waals surface area contributed by atoms with E-state index in [9.17, 15) is 4.79 Å². The number of hydrogen-bond acceptors (Lipinski definition) is 5. The molecular formula is C23H28N4O2. The third-order valence-corrected chi connectivity index (χ3v) is 6.76. The van der Waals surface area contributed by atoms with E-state index in [1.807, 2.05) is 4.90 Å². The number of aryl methyl sites for hydroxylation is 2. The molecule has 4 heterocycles. The average Bonchev–Trinajstić information content (AvgIpc) is 3.02. The van der Waals surface area contributed by atoms with Gasteiger partial charge in [-0.15, -0.1) is 0 Å². The molecule has 1 amide bonds. The summed E-state index contributed by atoms with van der Waals surface area (Å²) in [5.74, 6) is 1.53. The van der Waals surface area contributed by atoms with Crippen LogP contribution in [0.4, 0.5) is 0 Å². The topological polar surface area (TPSA) is 58.6 Å². The molecule has 6 rings (SSSR count). The highest BCUT2D eigenvalue weighted by Gasteiger charge is 2.37. The Morgan fingerprint density at radius 3 is 2.79 bits per heavy atom. The molecule has 2 atom stereocenters. The fourth-order valence-corrected chi connectivity index (χ4v) is 5.29. The van der Waals surface area contributed by atoms with E-state index in [4.69, 9.17) is 4.74 Å². The summed E-state index contributed by atoms with van der Waals surface area (Å²) in [7, 11) is 1.77. The maximum absolute atomic E-state index is 12.9. The Hall–Kier alpha value is -2.47. The number of carbonyl (C=O) groups is 1. The normalized spacial score (nSPS) is 23.7. The van der Waals surface area contributed by atoms with Crippen LogP contribution in [0.25, 0.3) is 0 Å². The second-order valence-corrected chi connectivity index (χ2v) is 8.61. The van der Waals surface area contributed by atoms with Crippen LogP contribution in [-0.2, 0) is 19.4 Å². The number of methoxy groups -OCH3 is 1. The van der Waals surface area contributed by atoms with Gasteiger partial charge in [0.05, 0.1) is 13.3 Å². The number of nitrogens with zero attached hydrogens (tertiary/aromatic N) is 4. The van der Waals surface area contributed by atoms with Crippen LogP contribution < -0.4 is 4.74 Å². The largest absolute Gasteiger partial charge is 0.496 e. The molecule has 2 aromatic rings. The molecule has 4 aliphatic rings.